The molecule has 0 bridgehead atoms. The molecule has 1 aromatic heterocycles. The summed E-state index contributed by atoms with van der Waals surface area (Å²) in [5.74, 6) is 0. The fourth-order valence-corrected chi connectivity index (χ4v) is 1.50. The van der Waals surface area contributed by atoms with Crippen molar-refractivity contribution < 1.29 is 4.74 Å². The Morgan fingerprint density at radius 3 is 2.82 bits per heavy atom. The molecule has 1 heterocycles. The van der Waals surface area contributed by atoms with Crippen LogP contribution in [-0.4, -0.2) is 31.3 Å². The van der Waals surface area contributed by atoms with Gasteiger partial charge in [0.15, 0.2) is 0 Å². The minimum atomic E-state index is 0.475. The van der Waals surface area contributed by atoms with Gasteiger partial charge in [0.05, 0.1) is 6.61 Å². The second-order valence-corrected chi connectivity index (χ2v) is 4.44. The Morgan fingerprint density at radius 2 is 2.18 bits per heavy atom. The number of rotatable bonds is 7. The summed E-state index contributed by atoms with van der Waals surface area (Å²) in [5, 5.41) is 6.77. The van der Waals surface area contributed by atoms with Gasteiger partial charge in [-0.2, -0.15) is 0 Å². The molecule has 0 amide bonds. The van der Waals surface area contributed by atoms with Crippen LogP contribution in [0.15, 0.2) is 12.3 Å². The number of anilines is 1. The van der Waals surface area contributed by atoms with E-state index in [2.05, 4.69) is 35.5 Å². The average Bonchev–Trinajstić information content (AvgIpc) is 2.28. The van der Waals surface area contributed by atoms with Crippen molar-refractivity contribution in [1.29, 1.82) is 0 Å². The van der Waals surface area contributed by atoms with E-state index < -0.39 is 0 Å². The minimum Gasteiger partial charge on any atom is -0.383 e. The van der Waals surface area contributed by atoms with Gasteiger partial charge in [0.2, 0.25) is 0 Å². The minimum absolute atomic E-state index is 0.475. The Kier molecular flexibility index (Phi) is 5.94. The molecule has 1 aromatic rings. The first-order valence-electron chi connectivity index (χ1n) is 6.05. The Labute approximate surface area is 104 Å². The molecule has 96 valence electrons. The van der Waals surface area contributed by atoms with Gasteiger partial charge < -0.3 is 15.4 Å². The summed E-state index contributed by atoms with van der Waals surface area (Å²) in [6.07, 6.45) is 1.93. The fraction of sp³-hybridized carbons (Fsp3) is 0.615. The molecule has 0 aliphatic carbocycles. The lowest BCUT2D eigenvalue weighted by molar-refractivity contribution is 0.210. The van der Waals surface area contributed by atoms with Crippen LogP contribution in [0.2, 0.25) is 0 Å². The highest BCUT2D eigenvalue weighted by Gasteiger charge is 2.04. The van der Waals surface area contributed by atoms with Crippen molar-refractivity contribution in [1.82, 2.24) is 10.3 Å². The molecule has 1 rings (SSSR count). The molecule has 0 aliphatic rings. The average molecular weight is 237 g/mol. The third-order valence-corrected chi connectivity index (χ3v) is 2.45. The van der Waals surface area contributed by atoms with Crippen molar-refractivity contribution in [2.24, 2.45) is 0 Å². The van der Waals surface area contributed by atoms with E-state index in [1.54, 1.807) is 7.11 Å². The van der Waals surface area contributed by atoms with Gasteiger partial charge in [-0.1, -0.05) is 13.8 Å². The lowest BCUT2D eigenvalue weighted by atomic mass is 10.2. The third-order valence-electron chi connectivity index (χ3n) is 2.45. The number of nitrogens with one attached hydrogen (secondary N) is 2. The smallest absolute Gasteiger partial charge is 0.0635 e. The molecule has 0 aliphatic heterocycles. The first-order chi connectivity index (χ1) is 8.13. The molecular formula is C13H23N3O. The standard InChI is InChI=1S/C13H23N3O/c1-10(2)15-8-12-9-16-11(3)7-13(12)14-5-6-17-4/h7,9-10,15H,5-6,8H2,1-4H3,(H,14,16). The van der Waals surface area contributed by atoms with E-state index in [9.17, 15) is 0 Å². The number of methoxy groups -OCH3 is 1. The molecular weight excluding hydrogens is 214 g/mol. The van der Waals surface area contributed by atoms with Crippen LogP contribution < -0.4 is 10.6 Å². The lowest BCUT2D eigenvalue weighted by Gasteiger charge is -2.14. The molecule has 4 heteroatoms. The number of hydrogen-bond donors (Lipinski definition) is 2. The van der Waals surface area contributed by atoms with Crippen LogP contribution in [0.5, 0.6) is 0 Å². The number of aryl methyl sites for hydroxylation is 1. The summed E-state index contributed by atoms with van der Waals surface area (Å²) in [6.45, 7) is 8.63. The van der Waals surface area contributed by atoms with Gasteiger partial charge in [-0.15, -0.1) is 0 Å². The van der Waals surface area contributed by atoms with E-state index in [0.717, 1.165) is 24.5 Å². The van der Waals surface area contributed by atoms with Crippen molar-refractivity contribution in [2.45, 2.75) is 33.4 Å². The van der Waals surface area contributed by atoms with Crippen LogP contribution in [0, 0.1) is 6.92 Å². The predicted molar refractivity (Wildman–Crippen MR) is 71.3 cm³/mol. The normalized spacial score (nSPS) is 10.9. The first kappa shape index (κ1) is 13.9. The molecule has 0 aromatic carbocycles. The SMILES string of the molecule is COCCNc1cc(C)ncc1CNC(C)C. The molecule has 0 atom stereocenters. The second-order valence-electron chi connectivity index (χ2n) is 4.44. The molecule has 0 fully saturated rings. The maximum Gasteiger partial charge on any atom is 0.0635 e. The van der Waals surface area contributed by atoms with E-state index in [1.165, 1.54) is 5.56 Å². The quantitative estimate of drug-likeness (QED) is 0.712. The summed E-state index contributed by atoms with van der Waals surface area (Å²) >= 11 is 0. The van der Waals surface area contributed by atoms with Crippen LogP contribution in [0.4, 0.5) is 5.69 Å². The van der Waals surface area contributed by atoms with Crippen LogP contribution in [-0.2, 0) is 11.3 Å². The Hall–Kier alpha value is -1.13. The van der Waals surface area contributed by atoms with Gasteiger partial charge in [0, 0.05) is 49.4 Å². The van der Waals surface area contributed by atoms with Gasteiger partial charge >= 0.3 is 0 Å². The summed E-state index contributed by atoms with van der Waals surface area (Å²) in [7, 11) is 1.71. The molecule has 0 saturated heterocycles. The first-order valence-corrected chi connectivity index (χ1v) is 6.05. The summed E-state index contributed by atoms with van der Waals surface area (Å²) in [6, 6.07) is 2.55. The molecule has 0 unspecified atom stereocenters. The van der Waals surface area contributed by atoms with Crippen molar-refractivity contribution in [3.05, 3.63) is 23.5 Å². The Morgan fingerprint density at radius 1 is 1.41 bits per heavy atom. The van der Waals surface area contributed by atoms with Crippen molar-refractivity contribution in [3.8, 4) is 0 Å². The van der Waals surface area contributed by atoms with Gasteiger partial charge in [-0.25, -0.2) is 0 Å². The van der Waals surface area contributed by atoms with E-state index >= 15 is 0 Å². The highest BCUT2D eigenvalue weighted by Crippen LogP contribution is 2.15. The number of nitrogens with zero attached hydrogens (tertiary/aromatic N) is 1. The molecule has 4 nitrogen and oxygen atoms in total. The van der Waals surface area contributed by atoms with Gasteiger partial charge in [0.1, 0.15) is 0 Å². The largest absolute Gasteiger partial charge is 0.383 e. The topological polar surface area (TPSA) is 46.2 Å². The lowest BCUT2D eigenvalue weighted by Crippen LogP contribution is -2.23. The monoisotopic (exact) mass is 237 g/mol. The molecule has 0 saturated carbocycles. The highest BCUT2D eigenvalue weighted by molar-refractivity contribution is 5.51. The van der Waals surface area contributed by atoms with Crippen LogP contribution >= 0.6 is 0 Å². The Bertz CT molecular complexity index is 339. The van der Waals surface area contributed by atoms with Gasteiger partial charge in [-0.05, 0) is 13.0 Å². The summed E-state index contributed by atoms with van der Waals surface area (Å²) < 4.78 is 5.04. The fourth-order valence-electron chi connectivity index (χ4n) is 1.50. The van der Waals surface area contributed by atoms with Crippen molar-refractivity contribution in [3.63, 3.8) is 0 Å². The second kappa shape index (κ2) is 7.25. The van der Waals surface area contributed by atoms with Crippen LogP contribution in [0.25, 0.3) is 0 Å². The zero-order valence-electron chi connectivity index (χ0n) is 11.2. The maximum absolute atomic E-state index is 5.04. The van der Waals surface area contributed by atoms with Gasteiger partial charge in [-0.3, -0.25) is 4.98 Å². The van der Waals surface area contributed by atoms with Crippen LogP contribution in [0.1, 0.15) is 25.1 Å². The number of ether oxygens (including phenoxy) is 1. The van der Waals surface area contributed by atoms with Crippen molar-refractivity contribution in [2.75, 3.05) is 25.6 Å². The maximum atomic E-state index is 5.04. The van der Waals surface area contributed by atoms with E-state index in [0.29, 0.717) is 12.6 Å². The molecule has 17 heavy (non-hydrogen) atoms. The van der Waals surface area contributed by atoms with Gasteiger partial charge in [0.25, 0.3) is 0 Å². The number of aromatic nitrogens is 1. The number of hydrogen-bond acceptors (Lipinski definition) is 4. The molecule has 0 spiro atoms. The molecule has 2 N–H and O–H groups in total. The summed E-state index contributed by atoms with van der Waals surface area (Å²) in [4.78, 5) is 4.33. The predicted octanol–water partition coefficient (Wildman–Crippen LogP) is 1.95. The van der Waals surface area contributed by atoms with Crippen molar-refractivity contribution >= 4 is 5.69 Å². The summed E-state index contributed by atoms with van der Waals surface area (Å²) in [5.41, 5.74) is 3.36. The third kappa shape index (κ3) is 5.15. The Balaban J connectivity index is 2.66. The van der Waals surface area contributed by atoms with E-state index in [1.807, 2.05) is 13.1 Å². The van der Waals surface area contributed by atoms with E-state index in [4.69, 9.17) is 4.74 Å². The van der Waals surface area contributed by atoms with Crippen LogP contribution in [0.3, 0.4) is 0 Å². The zero-order valence-corrected chi connectivity index (χ0v) is 11.2. The zero-order chi connectivity index (χ0) is 12.7. The molecule has 0 radical (unpaired) electrons. The highest BCUT2D eigenvalue weighted by atomic mass is 16.5. The van der Waals surface area contributed by atoms with E-state index in [-0.39, 0.29) is 0 Å². The number of pyridine rings is 1.